The van der Waals surface area contributed by atoms with E-state index in [9.17, 15) is 13.2 Å². The van der Waals surface area contributed by atoms with Gasteiger partial charge in [-0.3, -0.25) is 0 Å². The van der Waals surface area contributed by atoms with E-state index in [2.05, 4.69) is 132 Å². The van der Waals surface area contributed by atoms with Crippen LogP contribution in [0.4, 0.5) is 13.2 Å². The molecule has 0 fully saturated rings. The molecule has 0 spiro atoms. The highest BCUT2D eigenvalue weighted by atomic mass is 31.2. The monoisotopic (exact) mass is 702 g/mol. The van der Waals surface area contributed by atoms with Gasteiger partial charge in [0.15, 0.2) is 0 Å². The zero-order valence-electron chi connectivity index (χ0n) is 31.4. The van der Waals surface area contributed by atoms with E-state index in [0.717, 1.165) is 44.8 Å². The van der Waals surface area contributed by atoms with E-state index in [-0.39, 0.29) is 27.4 Å². The molecule has 0 unspecified atom stereocenters. The van der Waals surface area contributed by atoms with E-state index >= 15 is 0 Å². The first-order valence-corrected chi connectivity index (χ1v) is 18.2. The van der Waals surface area contributed by atoms with Crippen LogP contribution in [0.1, 0.15) is 111 Å². The molecule has 0 aliphatic rings. The van der Waals surface area contributed by atoms with E-state index in [1.807, 2.05) is 12.1 Å². The van der Waals surface area contributed by atoms with Gasteiger partial charge in [0.25, 0.3) is 0 Å². The zero-order chi connectivity index (χ0) is 37.0. The van der Waals surface area contributed by atoms with Gasteiger partial charge >= 0.3 is 14.8 Å². The van der Waals surface area contributed by atoms with Crippen LogP contribution in [0.2, 0.25) is 0 Å². The average molecular weight is 703 g/mol. The predicted octanol–water partition coefficient (Wildman–Crippen LogP) is 14.0. The minimum Gasteiger partial charge on any atom is -0.409 e. The summed E-state index contributed by atoms with van der Waals surface area (Å²) in [5.74, 6) is 1.41. The van der Waals surface area contributed by atoms with Crippen molar-refractivity contribution in [2.24, 2.45) is 0 Å². The van der Waals surface area contributed by atoms with Crippen LogP contribution in [0.25, 0.3) is 21.5 Å². The number of halogens is 3. The predicted molar refractivity (Wildman–Crippen MR) is 203 cm³/mol. The number of benzene rings is 5. The molecule has 5 aromatic rings. The fourth-order valence-electron chi connectivity index (χ4n) is 5.82. The molecular formula is C43H50F3O3P. The Morgan fingerprint density at radius 2 is 0.780 bits per heavy atom. The molecule has 0 saturated heterocycles. The van der Waals surface area contributed by atoms with Crippen LogP contribution in [0.5, 0.6) is 17.2 Å². The second-order valence-electron chi connectivity index (χ2n) is 17.3. The SMILES string of the molecule is CC(C)(C)c1ccc2cc(OP(Oc3ccc(C(F)(F)F)cc3)Oc3cc4ccc(C(C)(C)C)cc4cc3C(C)(C)C)c(C(C)(C)C)cc2c1. The molecule has 0 radical (unpaired) electrons. The maximum atomic E-state index is 13.4. The summed E-state index contributed by atoms with van der Waals surface area (Å²) in [5.41, 5.74) is 3.01. The standard InChI is InChI=1S/C43H50F3O3P/c1-39(2,3)32-15-13-27-25-37(35(41(7,8)9)23-29(27)21-32)48-50(47-34-19-17-31(18-20-34)43(44,45)46)49-38-26-28-14-16-33(40(4,5)6)22-30(28)24-36(38)42(10,11)12/h13-26H,1-12H3. The van der Waals surface area contributed by atoms with Crippen LogP contribution in [0.3, 0.4) is 0 Å². The number of alkyl halides is 3. The van der Waals surface area contributed by atoms with Crippen LogP contribution in [-0.2, 0) is 27.8 Å². The number of rotatable bonds is 6. The van der Waals surface area contributed by atoms with Crippen molar-refractivity contribution in [1.29, 1.82) is 0 Å². The molecular weight excluding hydrogens is 652 g/mol. The molecule has 5 rings (SSSR count). The third kappa shape index (κ3) is 8.57. The fraction of sp³-hybridized carbons (Fsp3) is 0.395. The molecule has 7 heteroatoms. The highest BCUT2D eigenvalue weighted by Gasteiger charge is 2.32. The Balaban J connectivity index is 1.64. The van der Waals surface area contributed by atoms with Gasteiger partial charge < -0.3 is 13.6 Å². The van der Waals surface area contributed by atoms with Crippen molar-refractivity contribution >= 4 is 30.1 Å². The molecule has 5 aromatic carbocycles. The van der Waals surface area contributed by atoms with Crippen molar-refractivity contribution in [3.8, 4) is 17.2 Å². The van der Waals surface area contributed by atoms with E-state index in [1.165, 1.54) is 23.3 Å². The minimum absolute atomic E-state index is 0.0121. The lowest BCUT2D eigenvalue weighted by molar-refractivity contribution is -0.137. The first-order chi connectivity index (χ1) is 22.9. The van der Waals surface area contributed by atoms with E-state index in [1.54, 1.807) is 0 Å². The first kappa shape index (κ1) is 37.5. The maximum absolute atomic E-state index is 13.4. The molecule has 0 saturated carbocycles. The van der Waals surface area contributed by atoms with Gasteiger partial charge in [0.1, 0.15) is 17.2 Å². The summed E-state index contributed by atoms with van der Waals surface area (Å²) in [6.45, 7) is 25.9. The Bertz CT molecular complexity index is 1890. The lowest BCUT2D eigenvalue weighted by atomic mass is 9.83. The Morgan fingerprint density at radius 1 is 0.400 bits per heavy atom. The zero-order valence-corrected chi connectivity index (χ0v) is 32.3. The Kier molecular flexibility index (Phi) is 9.82. The summed E-state index contributed by atoms with van der Waals surface area (Å²) in [5, 5.41) is 4.20. The lowest BCUT2D eigenvalue weighted by Crippen LogP contribution is -2.16. The Morgan fingerprint density at radius 3 is 1.12 bits per heavy atom. The average Bonchev–Trinajstić information content (AvgIpc) is 2.97. The third-order valence-corrected chi connectivity index (χ3v) is 9.98. The van der Waals surface area contributed by atoms with Gasteiger partial charge in [0.2, 0.25) is 0 Å². The van der Waals surface area contributed by atoms with E-state index < -0.39 is 20.3 Å². The third-order valence-electron chi connectivity index (χ3n) is 8.93. The highest BCUT2D eigenvalue weighted by Crippen LogP contribution is 2.49. The number of fused-ring (bicyclic) bond motifs is 2. The first-order valence-electron chi connectivity index (χ1n) is 17.1. The normalized spacial score (nSPS) is 13.3. The van der Waals surface area contributed by atoms with E-state index in [0.29, 0.717) is 11.5 Å². The Labute approximate surface area is 297 Å². The van der Waals surface area contributed by atoms with Gasteiger partial charge in [-0.2, -0.15) is 13.2 Å². The van der Waals surface area contributed by atoms with Crippen molar-refractivity contribution in [2.45, 2.75) is 111 Å². The summed E-state index contributed by atoms with van der Waals surface area (Å²) in [4.78, 5) is 0. The van der Waals surface area contributed by atoms with Crippen LogP contribution >= 0.6 is 8.60 Å². The van der Waals surface area contributed by atoms with Gasteiger partial charge in [0, 0.05) is 11.1 Å². The number of hydrogen-bond donors (Lipinski definition) is 0. The van der Waals surface area contributed by atoms with Gasteiger partial charge in [-0.25, -0.2) is 0 Å². The summed E-state index contributed by atoms with van der Waals surface area (Å²) in [6.07, 6.45) is -4.46. The summed E-state index contributed by atoms with van der Waals surface area (Å²) in [6, 6.07) is 25.9. The van der Waals surface area contributed by atoms with Crippen molar-refractivity contribution in [3.63, 3.8) is 0 Å². The van der Waals surface area contributed by atoms with E-state index in [4.69, 9.17) is 13.6 Å². The molecule has 266 valence electrons. The summed E-state index contributed by atoms with van der Waals surface area (Å²) >= 11 is 0. The molecule has 0 N–H and O–H groups in total. The van der Waals surface area contributed by atoms with Crippen molar-refractivity contribution < 1.29 is 26.7 Å². The molecule has 0 heterocycles. The topological polar surface area (TPSA) is 27.7 Å². The van der Waals surface area contributed by atoms with Crippen LogP contribution < -0.4 is 13.6 Å². The molecule has 3 nitrogen and oxygen atoms in total. The van der Waals surface area contributed by atoms with Gasteiger partial charge in [-0.15, -0.1) is 0 Å². The summed E-state index contributed by atoms with van der Waals surface area (Å²) < 4.78 is 60.0. The van der Waals surface area contributed by atoms with Crippen molar-refractivity contribution in [2.75, 3.05) is 0 Å². The molecule has 0 aromatic heterocycles. The Hall–Kier alpha value is -3.76. The highest BCUT2D eigenvalue weighted by molar-refractivity contribution is 7.43. The molecule has 0 aliphatic heterocycles. The quantitative estimate of drug-likeness (QED) is 0.165. The molecule has 50 heavy (non-hydrogen) atoms. The molecule has 0 aliphatic carbocycles. The minimum atomic E-state index is -4.46. The second kappa shape index (κ2) is 13.1. The van der Waals surface area contributed by atoms with Gasteiger partial charge in [-0.05, 0) is 103 Å². The largest absolute Gasteiger partial charge is 0.530 e. The maximum Gasteiger partial charge on any atom is 0.530 e. The molecule has 0 amide bonds. The lowest BCUT2D eigenvalue weighted by Gasteiger charge is -2.28. The van der Waals surface area contributed by atoms with Crippen LogP contribution in [-0.4, -0.2) is 0 Å². The number of hydrogen-bond acceptors (Lipinski definition) is 3. The molecule has 0 bridgehead atoms. The summed E-state index contributed by atoms with van der Waals surface area (Å²) in [7, 11) is -2.20. The molecule has 0 atom stereocenters. The van der Waals surface area contributed by atoms with Crippen LogP contribution in [0, 0.1) is 0 Å². The second-order valence-corrected chi connectivity index (χ2v) is 18.3. The smallest absolute Gasteiger partial charge is 0.409 e. The van der Waals surface area contributed by atoms with Gasteiger partial charge in [0.05, 0.1) is 5.56 Å². The fourth-order valence-corrected chi connectivity index (χ4v) is 6.85. The van der Waals surface area contributed by atoms with Crippen molar-refractivity contribution in [3.05, 3.63) is 113 Å². The van der Waals surface area contributed by atoms with Gasteiger partial charge in [-0.1, -0.05) is 119 Å². The van der Waals surface area contributed by atoms with Crippen LogP contribution in [0.15, 0.2) is 84.9 Å². The van der Waals surface area contributed by atoms with Crippen molar-refractivity contribution in [1.82, 2.24) is 0 Å².